The number of carbonyl (C=O) groups is 2. The minimum Gasteiger partial charge on any atom is -0.456 e. The third-order valence-electron chi connectivity index (χ3n) is 5.93. The van der Waals surface area contributed by atoms with Crippen LogP contribution in [0.1, 0.15) is 24.9 Å². The van der Waals surface area contributed by atoms with Crippen molar-refractivity contribution in [1.82, 2.24) is 4.90 Å². The number of rotatable bonds is 4. The molecule has 0 saturated carbocycles. The standard InChI is InChI=1S/C25H22N2O3/c1-16(17-7-3-2-4-8-17)27-15-18(13-24(27)28)25(29)26-19-11-12-21-20-9-5-6-10-22(20)30-23(21)14-19/h2-12,14,16,18H,13,15H2,1H3,(H,26,29)/t16-,18-/m1/s1. The monoisotopic (exact) mass is 398 g/mol. The highest BCUT2D eigenvalue weighted by molar-refractivity contribution is 6.06. The largest absolute Gasteiger partial charge is 0.456 e. The van der Waals surface area contributed by atoms with Gasteiger partial charge in [0.2, 0.25) is 11.8 Å². The number of hydrogen-bond donors (Lipinski definition) is 1. The Hall–Kier alpha value is -3.60. The second-order valence-corrected chi connectivity index (χ2v) is 7.83. The molecule has 0 radical (unpaired) electrons. The third-order valence-corrected chi connectivity index (χ3v) is 5.93. The Kier molecular flexibility index (Phi) is 4.51. The summed E-state index contributed by atoms with van der Waals surface area (Å²) in [7, 11) is 0. The van der Waals surface area contributed by atoms with Crippen molar-refractivity contribution in [1.29, 1.82) is 0 Å². The fourth-order valence-corrected chi connectivity index (χ4v) is 4.24. The number of nitrogens with zero attached hydrogens (tertiary/aromatic N) is 1. The van der Waals surface area contributed by atoms with Gasteiger partial charge in [0.15, 0.2) is 0 Å². The van der Waals surface area contributed by atoms with E-state index in [1.807, 2.05) is 79.7 Å². The molecule has 30 heavy (non-hydrogen) atoms. The second kappa shape index (κ2) is 7.34. The van der Waals surface area contributed by atoms with Crippen molar-refractivity contribution >= 4 is 39.4 Å². The van der Waals surface area contributed by atoms with Crippen LogP contribution in [0.15, 0.2) is 77.2 Å². The topological polar surface area (TPSA) is 62.6 Å². The van der Waals surface area contributed by atoms with E-state index in [2.05, 4.69) is 5.32 Å². The van der Waals surface area contributed by atoms with Gasteiger partial charge in [-0.3, -0.25) is 9.59 Å². The molecule has 0 unspecified atom stereocenters. The Labute approximate surface area is 174 Å². The molecule has 2 heterocycles. The molecule has 5 nitrogen and oxygen atoms in total. The van der Waals surface area contributed by atoms with E-state index in [0.717, 1.165) is 27.5 Å². The number of nitrogens with one attached hydrogen (secondary N) is 1. The van der Waals surface area contributed by atoms with Gasteiger partial charge < -0.3 is 14.6 Å². The van der Waals surface area contributed by atoms with Gasteiger partial charge in [0.05, 0.1) is 12.0 Å². The molecule has 1 fully saturated rings. The molecule has 0 bridgehead atoms. The number of amides is 2. The first-order valence-corrected chi connectivity index (χ1v) is 10.2. The number of para-hydroxylation sites is 1. The molecule has 1 aliphatic rings. The molecule has 0 aliphatic carbocycles. The van der Waals surface area contributed by atoms with Crippen molar-refractivity contribution in [3.05, 3.63) is 78.4 Å². The van der Waals surface area contributed by atoms with Crippen LogP contribution in [0.3, 0.4) is 0 Å². The van der Waals surface area contributed by atoms with Gasteiger partial charge in [0, 0.05) is 35.5 Å². The minimum absolute atomic E-state index is 0.0132. The lowest BCUT2D eigenvalue weighted by molar-refractivity contribution is -0.129. The first-order valence-electron chi connectivity index (χ1n) is 10.2. The fraction of sp³-hybridized carbons (Fsp3) is 0.200. The molecular weight excluding hydrogens is 376 g/mol. The number of hydrogen-bond acceptors (Lipinski definition) is 3. The highest BCUT2D eigenvalue weighted by Crippen LogP contribution is 2.32. The molecule has 5 heteroatoms. The maximum absolute atomic E-state index is 12.9. The Morgan fingerprint density at radius 2 is 1.73 bits per heavy atom. The molecular formula is C25H22N2O3. The summed E-state index contributed by atoms with van der Waals surface area (Å²) in [5.74, 6) is -0.490. The van der Waals surface area contributed by atoms with Crippen molar-refractivity contribution in [3.8, 4) is 0 Å². The number of carbonyl (C=O) groups excluding carboxylic acids is 2. The molecule has 1 aliphatic heterocycles. The van der Waals surface area contributed by atoms with Gasteiger partial charge in [-0.05, 0) is 30.7 Å². The van der Waals surface area contributed by atoms with Crippen LogP contribution in [0, 0.1) is 5.92 Å². The first kappa shape index (κ1) is 18.4. The predicted molar refractivity (Wildman–Crippen MR) is 117 cm³/mol. The van der Waals surface area contributed by atoms with Gasteiger partial charge in [-0.15, -0.1) is 0 Å². The van der Waals surface area contributed by atoms with Crippen LogP contribution >= 0.6 is 0 Å². The average Bonchev–Trinajstić information content (AvgIpc) is 3.34. The smallest absolute Gasteiger partial charge is 0.229 e. The highest BCUT2D eigenvalue weighted by atomic mass is 16.3. The molecule has 2 atom stereocenters. The summed E-state index contributed by atoms with van der Waals surface area (Å²) < 4.78 is 5.90. The molecule has 0 spiro atoms. The maximum atomic E-state index is 12.9. The van der Waals surface area contributed by atoms with E-state index in [-0.39, 0.29) is 30.2 Å². The van der Waals surface area contributed by atoms with Gasteiger partial charge in [0.25, 0.3) is 0 Å². The summed E-state index contributed by atoms with van der Waals surface area (Å²) >= 11 is 0. The van der Waals surface area contributed by atoms with Crippen LogP contribution in [0.4, 0.5) is 5.69 Å². The van der Waals surface area contributed by atoms with Gasteiger partial charge in [-0.25, -0.2) is 0 Å². The normalized spacial score (nSPS) is 17.6. The zero-order valence-corrected chi connectivity index (χ0v) is 16.7. The van der Waals surface area contributed by atoms with Crippen molar-refractivity contribution in [3.63, 3.8) is 0 Å². The molecule has 5 rings (SSSR count). The number of furan rings is 1. The van der Waals surface area contributed by atoms with Crippen LogP contribution in [-0.2, 0) is 9.59 Å². The lowest BCUT2D eigenvalue weighted by atomic mass is 10.1. The minimum atomic E-state index is -0.366. The summed E-state index contributed by atoms with van der Waals surface area (Å²) in [6.07, 6.45) is 0.232. The van der Waals surface area contributed by atoms with E-state index in [9.17, 15) is 9.59 Å². The third kappa shape index (κ3) is 3.22. The van der Waals surface area contributed by atoms with E-state index in [4.69, 9.17) is 4.42 Å². The summed E-state index contributed by atoms with van der Waals surface area (Å²) in [6.45, 7) is 2.43. The number of likely N-dealkylation sites (tertiary alicyclic amines) is 1. The van der Waals surface area contributed by atoms with E-state index in [1.165, 1.54) is 0 Å². The van der Waals surface area contributed by atoms with Gasteiger partial charge in [0.1, 0.15) is 11.2 Å². The van der Waals surface area contributed by atoms with Crippen LogP contribution in [0.25, 0.3) is 21.9 Å². The Bertz CT molecular complexity index is 1250. The first-order chi connectivity index (χ1) is 14.6. The molecule has 150 valence electrons. The van der Waals surface area contributed by atoms with E-state index < -0.39 is 0 Å². The lowest BCUT2D eigenvalue weighted by Gasteiger charge is -2.25. The summed E-state index contributed by atoms with van der Waals surface area (Å²) in [5.41, 5.74) is 3.30. The molecule has 1 N–H and O–H groups in total. The summed E-state index contributed by atoms with van der Waals surface area (Å²) in [6, 6.07) is 23.4. The SMILES string of the molecule is C[C@H](c1ccccc1)N1C[C@H](C(=O)Nc2ccc3c(c2)oc2ccccc23)CC1=O. The number of benzene rings is 3. The molecule has 2 amide bonds. The Balaban J connectivity index is 1.32. The van der Waals surface area contributed by atoms with Crippen LogP contribution in [-0.4, -0.2) is 23.3 Å². The van der Waals surface area contributed by atoms with Gasteiger partial charge in [-0.2, -0.15) is 0 Å². The molecule has 1 saturated heterocycles. The summed E-state index contributed by atoms with van der Waals surface area (Å²) in [4.78, 5) is 27.2. The summed E-state index contributed by atoms with van der Waals surface area (Å²) in [5, 5.41) is 5.03. The number of fused-ring (bicyclic) bond motifs is 3. The maximum Gasteiger partial charge on any atom is 0.229 e. The van der Waals surface area contributed by atoms with Crippen LogP contribution in [0.5, 0.6) is 0 Å². The van der Waals surface area contributed by atoms with Crippen molar-refractivity contribution in [2.75, 3.05) is 11.9 Å². The van der Waals surface area contributed by atoms with Gasteiger partial charge >= 0.3 is 0 Å². The van der Waals surface area contributed by atoms with E-state index >= 15 is 0 Å². The highest BCUT2D eigenvalue weighted by Gasteiger charge is 2.37. The lowest BCUT2D eigenvalue weighted by Crippen LogP contribution is -2.30. The van der Waals surface area contributed by atoms with Crippen LogP contribution < -0.4 is 5.32 Å². The quantitative estimate of drug-likeness (QED) is 0.518. The Morgan fingerprint density at radius 3 is 2.57 bits per heavy atom. The molecule has 3 aromatic carbocycles. The predicted octanol–water partition coefficient (Wildman–Crippen LogP) is 5.13. The van der Waals surface area contributed by atoms with Gasteiger partial charge in [-0.1, -0.05) is 48.5 Å². The second-order valence-electron chi connectivity index (χ2n) is 7.83. The number of anilines is 1. The average molecular weight is 398 g/mol. The van der Waals surface area contributed by atoms with Crippen LogP contribution in [0.2, 0.25) is 0 Å². The molecule has 1 aromatic heterocycles. The van der Waals surface area contributed by atoms with E-state index in [0.29, 0.717) is 12.2 Å². The zero-order chi connectivity index (χ0) is 20.7. The Morgan fingerprint density at radius 1 is 1.00 bits per heavy atom. The van der Waals surface area contributed by atoms with Crippen molar-refractivity contribution in [2.45, 2.75) is 19.4 Å². The van der Waals surface area contributed by atoms with Crippen molar-refractivity contribution < 1.29 is 14.0 Å². The molecule has 4 aromatic rings. The zero-order valence-electron chi connectivity index (χ0n) is 16.7. The fourth-order valence-electron chi connectivity index (χ4n) is 4.24. The van der Waals surface area contributed by atoms with Crippen molar-refractivity contribution in [2.24, 2.45) is 5.92 Å². The van der Waals surface area contributed by atoms with E-state index in [1.54, 1.807) is 4.90 Å².